The summed E-state index contributed by atoms with van der Waals surface area (Å²) in [5.74, 6) is 5.23. The predicted molar refractivity (Wildman–Crippen MR) is 42.9 cm³/mol. The third-order valence-corrected chi connectivity index (χ3v) is 3.14. The van der Waals surface area contributed by atoms with Gasteiger partial charge in [0.2, 0.25) is 5.91 Å². The predicted octanol–water partition coefficient (Wildman–Crippen LogP) is -0.207. The lowest BCUT2D eigenvalue weighted by Gasteiger charge is -2.22. The zero-order chi connectivity index (χ0) is 8.60. The summed E-state index contributed by atoms with van der Waals surface area (Å²) in [5, 5.41) is 0. The van der Waals surface area contributed by atoms with Gasteiger partial charge in [0.1, 0.15) is 0 Å². The number of nitrogens with two attached hydrogens (primary N) is 1. The molecule has 2 rings (SSSR count). The molecule has 0 aromatic heterocycles. The number of carbonyl (C=O) groups is 1. The fourth-order valence-electron chi connectivity index (χ4n) is 2.15. The standard InChI is InChI=1S/C8H14N2O2/c9-10-7(11)6-5-8(6)1-3-12-4-2-8/h6H,1-5,9H2,(H,10,11)/t6-/m0/s1. The van der Waals surface area contributed by atoms with Crippen molar-refractivity contribution in [1.82, 2.24) is 5.43 Å². The van der Waals surface area contributed by atoms with E-state index in [2.05, 4.69) is 5.43 Å². The van der Waals surface area contributed by atoms with Gasteiger partial charge in [0.05, 0.1) is 0 Å². The van der Waals surface area contributed by atoms with Crippen LogP contribution in [0, 0.1) is 11.3 Å². The van der Waals surface area contributed by atoms with Crippen molar-refractivity contribution in [1.29, 1.82) is 0 Å². The molecule has 0 aromatic rings. The molecule has 0 radical (unpaired) electrons. The van der Waals surface area contributed by atoms with E-state index in [4.69, 9.17) is 10.6 Å². The van der Waals surface area contributed by atoms with Crippen LogP contribution in [0.5, 0.6) is 0 Å². The Morgan fingerprint density at radius 2 is 2.17 bits per heavy atom. The van der Waals surface area contributed by atoms with E-state index < -0.39 is 0 Å². The third kappa shape index (κ3) is 1.11. The summed E-state index contributed by atoms with van der Waals surface area (Å²) in [6.45, 7) is 1.60. The number of nitrogens with one attached hydrogen (secondary N) is 1. The molecule has 1 heterocycles. The molecule has 1 amide bonds. The molecule has 3 N–H and O–H groups in total. The molecular weight excluding hydrogens is 156 g/mol. The summed E-state index contributed by atoms with van der Waals surface area (Å²) < 4.78 is 5.24. The first kappa shape index (κ1) is 8.01. The van der Waals surface area contributed by atoms with E-state index in [1.165, 1.54) is 0 Å². The minimum atomic E-state index is -0.00287. The molecule has 4 nitrogen and oxygen atoms in total. The van der Waals surface area contributed by atoms with E-state index in [1.807, 2.05) is 0 Å². The molecule has 0 aromatic carbocycles. The molecule has 0 unspecified atom stereocenters. The molecule has 1 saturated heterocycles. The van der Waals surface area contributed by atoms with Gasteiger partial charge in [0, 0.05) is 19.1 Å². The molecule has 4 heteroatoms. The zero-order valence-electron chi connectivity index (χ0n) is 7.01. The quantitative estimate of drug-likeness (QED) is 0.325. The maximum atomic E-state index is 11.2. The van der Waals surface area contributed by atoms with Crippen molar-refractivity contribution in [3.8, 4) is 0 Å². The fourth-order valence-corrected chi connectivity index (χ4v) is 2.15. The minimum Gasteiger partial charge on any atom is -0.381 e. The monoisotopic (exact) mass is 170 g/mol. The van der Waals surface area contributed by atoms with Crippen LogP contribution < -0.4 is 11.3 Å². The fraction of sp³-hybridized carbons (Fsp3) is 0.875. The number of carbonyl (C=O) groups excluding carboxylic acids is 1. The molecule has 12 heavy (non-hydrogen) atoms. The Balaban J connectivity index is 1.95. The Morgan fingerprint density at radius 1 is 1.50 bits per heavy atom. The Bertz CT molecular complexity index is 199. The average Bonchev–Trinajstić information content (AvgIpc) is 2.80. The first-order valence-corrected chi connectivity index (χ1v) is 4.37. The van der Waals surface area contributed by atoms with E-state index in [-0.39, 0.29) is 17.2 Å². The summed E-state index contributed by atoms with van der Waals surface area (Å²) in [4.78, 5) is 11.2. The van der Waals surface area contributed by atoms with Gasteiger partial charge in [-0.2, -0.15) is 0 Å². The maximum absolute atomic E-state index is 11.2. The van der Waals surface area contributed by atoms with E-state index in [1.54, 1.807) is 0 Å². The van der Waals surface area contributed by atoms with Gasteiger partial charge in [0.25, 0.3) is 0 Å². The highest BCUT2D eigenvalue weighted by Crippen LogP contribution is 2.58. The van der Waals surface area contributed by atoms with Crippen molar-refractivity contribution in [2.45, 2.75) is 19.3 Å². The smallest absolute Gasteiger partial charge is 0.237 e. The molecule has 1 aliphatic heterocycles. The van der Waals surface area contributed by atoms with Gasteiger partial charge in [-0.1, -0.05) is 0 Å². The second kappa shape index (κ2) is 2.71. The Labute approximate surface area is 71.4 Å². The summed E-state index contributed by atoms with van der Waals surface area (Å²) in [7, 11) is 0. The topological polar surface area (TPSA) is 64.3 Å². The Morgan fingerprint density at radius 3 is 2.75 bits per heavy atom. The number of hydrogen-bond acceptors (Lipinski definition) is 3. The highest BCUT2D eigenvalue weighted by atomic mass is 16.5. The second-order valence-corrected chi connectivity index (χ2v) is 3.74. The van der Waals surface area contributed by atoms with Gasteiger partial charge >= 0.3 is 0 Å². The van der Waals surface area contributed by atoms with Crippen molar-refractivity contribution >= 4 is 5.91 Å². The Hall–Kier alpha value is -0.610. The van der Waals surface area contributed by atoms with Crippen molar-refractivity contribution < 1.29 is 9.53 Å². The highest BCUT2D eigenvalue weighted by molar-refractivity contribution is 5.81. The van der Waals surface area contributed by atoms with E-state index >= 15 is 0 Å². The van der Waals surface area contributed by atoms with Gasteiger partial charge < -0.3 is 4.74 Å². The Kier molecular flexibility index (Phi) is 1.81. The van der Waals surface area contributed by atoms with Gasteiger partial charge in [-0.05, 0) is 24.7 Å². The van der Waals surface area contributed by atoms with Crippen molar-refractivity contribution in [3.63, 3.8) is 0 Å². The highest BCUT2D eigenvalue weighted by Gasteiger charge is 2.57. The van der Waals surface area contributed by atoms with Crippen LogP contribution in [-0.4, -0.2) is 19.1 Å². The number of hydrazine groups is 1. The van der Waals surface area contributed by atoms with Crippen LogP contribution in [0.3, 0.4) is 0 Å². The average molecular weight is 170 g/mol. The molecule has 2 fully saturated rings. The lowest BCUT2D eigenvalue weighted by molar-refractivity contribution is -0.123. The van der Waals surface area contributed by atoms with Gasteiger partial charge in [0.15, 0.2) is 0 Å². The van der Waals surface area contributed by atoms with Gasteiger partial charge in [-0.15, -0.1) is 0 Å². The van der Waals surface area contributed by atoms with Crippen LogP contribution in [0.1, 0.15) is 19.3 Å². The van der Waals surface area contributed by atoms with Crippen molar-refractivity contribution in [2.75, 3.05) is 13.2 Å². The molecular formula is C8H14N2O2. The minimum absolute atomic E-state index is 0.00287. The first-order valence-electron chi connectivity index (χ1n) is 4.37. The molecule has 1 aliphatic carbocycles. The lowest BCUT2D eigenvalue weighted by atomic mass is 9.94. The van der Waals surface area contributed by atoms with Crippen LogP contribution in [0.4, 0.5) is 0 Å². The van der Waals surface area contributed by atoms with Gasteiger partial charge in [-0.25, -0.2) is 5.84 Å². The van der Waals surface area contributed by atoms with Crippen LogP contribution >= 0.6 is 0 Å². The number of rotatable bonds is 1. The van der Waals surface area contributed by atoms with Crippen LogP contribution in [0.2, 0.25) is 0 Å². The molecule has 1 spiro atoms. The maximum Gasteiger partial charge on any atom is 0.237 e. The van der Waals surface area contributed by atoms with Crippen LogP contribution in [-0.2, 0) is 9.53 Å². The van der Waals surface area contributed by atoms with E-state index in [9.17, 15) is 4.79 Å². The van der Waals surface area contributed by atoms with E-state index in [0.717, 1.165) is 32.5 Å². The van der Waals surface area contributed by atoms with Crippen LogP contribution in [0.15, 0.2) is 0 Å². The zero-order valence-corrected chi connectivity index (χ0v) is 7.01. The molecule has 0 bridgehead atoms. The van der Waals surface area contributed by atoms with Crippen molar-refractivity contribution in [2.24, 2.45) is 17.2 Å². The normalized spacial score (nSPS) is 31.6. The van der Waals surface area contributed by atoms with E-state index in [0.29, 0.717) is 0 Å². The molecule has 68 valence electrons. The number of amides is 1. The third-order valence-electron chi connectivity index (χ3n) is 3.14. The summed E-state index contributed by atoms with van der Waals surface area (Å²) >= 11 is 0. The lowest BCUT2D eigenvalue weighted by Crippen LogP contribution is -2.34. The van der Waals surface area contributed by atoms with Crippen molar-refractivity contribution in [3.05, 3.63) is 0 Å². The van der Waals surface area contributed by atoms with Gasteiger partial charge in [-0.3, -0.25) is 10.2 Å². The molecule has 2 aliphatic rings. The summed E-state index contributed by atoms with van der Waals surface area (Å²) in [6, 6.07) is 0. The second-order valence-electron chi connectivity index (χ2n) is 3.74. The summed E-state index contributed by atoms with van der Waals surface area (Å²) in [6.07, 6.45) is 3.04. The SMILES string of the molecule is NNC(=O)[C@@H]1CC12CCOCC2. The number of hydrogen-bond donors (Lipinski definition) is 2. The largest absolute Gasteiger partial charge is 0.381 e. The van der Waals surface area contributed by atoms with Crippen LogP contribution in [0.25, 0.3) is 0 Å². The molecule has 1 saturated carbocycles. The molecule has 1 atom stereocenters. The first-order chi connectivity index (χ1) is 5.78. The summed E-state index contributed by atoms with van der Waals surface area (Å²) in [5.41, 5.74) is 2.47. The number of ether oxygens (including phenoxy) is 1.